The molecule has 0 N–H and O–H groups in total. The molecule has 3 aromatic rings. The Hall–Kier alpha value is -2.79. The summed E-state index contributed by atoms with van der Waals surface area (Å²) in [4.78, 5) is 23.4. The van der Waals surface area contributed by atoms with E-state index in [1.165, 1.54) is 5.56 Å². The quantitative estimate of drug-likeness (QED) is 0.725. The number of ether oxygens (including phenoxy) is 1. The summed E-state index contributed by atoms with van der Waals surface area (Å²) in [6.07, 6.45) is 3.46. The van der Waals surface area contributed by atoms with Gasteiger partial charge in [-0.2, -0.15) is 0 Å². The summed E-state index contributed by atoms with van der Waals surface area (Å²) < 4.78 is 5.99. The first-order valence-electron chi connectivity index (χ1n) is 8.96. The van der Waals surface area contributed by atoms with Gasteiger partial charge in [0.2, 0.25) is 0 Å². The van der Waals surface area contributed by atoms with Crippen molar-refractivity contribution in [2.24, 2.45) is 0 Å². The molecule has 0 bridgehead atoms. The Bertz CT molecular complexity index is 890. The number of aromatic nitrogens is 2. The number of hydrogen-bond acceptors (Lipinski definition) is 4. The molecule has 0 atom stereocenters. The standard InChI is InChI=1S/C21H21N3O2/c25-21(20-14-22-18-8-4-5-9-19(18)23-20)24-12-10-17(11-13-24)26-15-16-6-2-1-3-7-16/h1-9,14,17H,10-13,15H2. The zero-order chi connectivity index (χ0) is 17.8. The average Bonchev–Trinajstić information content (AvgIpc) is 2.72. The number of hydrogen-bond donors (Lipinski definition) is 0. The third-order valence-corrected chi connectivity index (χ3v) is 4.73. The molecule has 1 saturated heterocycles. The van der Waals surface area contributed by atoms with Gasteiger partial charge in [-0.1, -0.05) is 42.5 Å². The summed E-state index contributed by atoms with van der Waals surface area (Å²) in [6.45, 7) is 2.00. The zero-order valence-corrected chi connectivity index (χ0v) is 14.5. The number of carbonyl (C=O) groups is 1. The van der Waals surface area contributed by atoms with Gasteiger partial charge in [0.1, 0.15) is 5.69 Å². The first-order chi connectivity index (χ1) is 12.8. The van der Waals surface area contributed by atoms with Crippen LogP contribution in [0.15, 0.2) is 60.8 Å². The summed E-state index contributed by atoms with van der Waals surface area (Å²) >= 11 is 0. The molecule has 2 aromatic carbocycles. The average molecular weight is 347 g/mol. The molecule has 1 aliphatic heterocycles. The van der Waals surface area contributed by atoms with Crippen molar-refractivity contribution in [2.75, 3.05) is 13.1 Å². The number of rotatable bonds is 4. The second kappa shape index (κ2) is 7.62. The van der Waals surface area contributed by atoms with Crippen LogP contribution in [0.2, 0.25) is 0 Å². The van der Waals surface area contributed by atoms with Crippen molar-refractivity contribution < 1.29 is 9.53 Å². The molecule has 0 aliphatic carbocycles. The SMILES string of the molecule is O=C(c1cnc2ccccc2n1)N1CCC(OCc2ccccc2)CC1. The number of benzene rings is 2. The number of piperidine rings is 1. The van der Waals surface area contributed by atoms with Gasteiger partial charge >= 0.3 is 0 Å². The summed E-state index contributed by atoms with van der Waals surface area (Å²) in [5, 5.41) is 0. The second-order valence-electron chi connectivity index (χ2n) is 6.53. The van der Waals surface area contributed by atoms with Gasteiger partial charge in [0.25, 0.3) is 5.91 Å². The van der Waals surface area contributed by atoms with Crippen LogP contribution in [0, 0.1) is 0 Å². The van der Waals surface area contributed by atoms with Crippen molar-refractivity contribution in [1.82, 2.24) is 14.9 Å². The fourth-order valence-corrected chi connectivity index (χ4v) is 3.24. The minimum absolute atomic E-state index is 0.0511. The second-order valence-corrected chi connectivity index (χ2v) is 6.53. The van der Waals surface area contributed by atoms with E-state index in [-0.39, 0.29) is 12.0 Å². The van der Waals surface area contributed by atoms with Gasteiger partial charge in [0.05, 0.1) is 29.9 Å². The van der Waals surface area contributed by atoms with Gasteiger partial charge in [-0.25, -0.2) is 4.98 Å². The van der Waals surface area contributed by atoms with E-state index in [9.17, 15) is 4.79 Å². The van der Waals surface area contributed by atoms with Gasteiger partial charge in [-0.15, -0.1) is 0 Å². The van der Waals surface area contributed by atoms with Crippen LogP contribution in [0.4, 0.5) is 0 Å². The maximum Gasteiger partial charge on any atom is 0.274 e. The maximum absolute atomic E-state index is 12.7. The monoisotopic (exact) mass is 347 g/mol. The van der Waals surface area contributed by atoms with E-state index in [2.05, 4.69) is 22.1 Å². The highest BCUT2D eigenvalue weighted by atomic mass is 16.5. The molecular weight excluding hydrogens is 326 g/mol. The molecule has 0 radical (unpaired) electrons. The van der Waals surface area contributed by atoms with E-state index >= 15 is 0 Å². The molecule has 0 unspecified atom stereocenters. The summed E-state index contributed by atoms with van der Waals surface area (Å²) in [7, 11) is 0. The molecule has 1 fully saturated rings. The van der Waals surface area contributed by atoms with Crippen LogP contribution in [-0.2, 0) is 11.3 Å². The number of carbonyl (C=O) groups excluding carboxylic acids is 1. The van der Waals surface area contributed by atoms with Gasteiger partial charge < -0.3 is 9.64 Å². The van der Waals surface area contributed by atoms with E-state index < -0.39 is 0 Å². The van der Waals surface area contributed by atoms with E-state index in [4.69, 9.17) is 4.74 Å². The molecular formula is C21H21N3O2. The van der Waals surface area contributed by atoms with E-state index in [1.54, 1.807) is 6.20 Å². The Labute approximate surface area is 152 Å². The molecule has 5 heteroatoms. The van der Waals surface area contributed by atoms with Crippen molar-refractivity contribution in [3.05, 3.63) is 72.1 Å². The van der Waals surface area contributed by atoms with Crippen LogP contribution in [0.25, 0.3) is 11.0 Å². The lowest BCUT2D eigenvalue weighted by atomic mass is 10.1. The number of nitrogens with zero attached hydrogens (tertiary/aromatic N) is 3. The lowest BCUT2D eigenvalue weighted by Crippen LogP contribution is -2.41. The van der Waals surface area contributed by atoms with Crippen LogP contribution in [-0.4, -0.2) is 40.0 Å². The highest BCUT2D eigenvalue weighted by Crippen LogP contribution is 2.18. The number of fused-ring (bicyclic) bond motifs is 1. The summed E-state index contributed by atoms with van der Waals surface area (Å²) in [5.41, 5.74) is 3.14. The molecule has 26 heavy (non-hydrogen) atoms. The predicted octanol–water partition coefficient (Wildman–Crippen LogP) is 3.45. The molecule has 0 spiro atoms. The van der Waals surface area contributed by atoms with Crippen molar-refractivity contribution in [3.63, 3.8) is 0 Å². The number of para-hydroxylation sites is 2. The molecule has 1 aromatic heterocycles. The topological polar surface area (TPSA) is 55.3 Å². The van der Waals surface area contributed by atoms with E-state index in [0.29, 0.717) is 25.4 Å². The minimum atomic E-state index is -0.0511. The Morgan fingerprint density at radius 2 is 1.69 bits per heavy atom. The maximum atomic E-state index is 12.7. The highest BCUT2D eigenvalue weighted by molar-refractivity contribution is 5.93. The van der Waals surface area contributed by atoms with Gasteiger partial charge in [0, 0.05) is 13.1 Å². The van der Waals surface area contributed by atoms with Crippen LogP contribution < -0.4 is 0 Å². The first-order valence-corrected chi connectivity index (χ1v) is 8.96. The van der Waals surface area contributed by atoms with E-state index in [1.807, 2.05) is 47.4 Å². The highest BCUT2D eigenvalue weighted by Gasteiger charge is 2.25. The number of amides is 1. The molecule has 0 saturated carbocycles. The van der Waals surface area contributed by atoms with Crippen molar-refractivity contribution >= 4 is 16.9 Å². The van der Waals surface area contributed by atoms with Crippen LogP contribution in [0.1, 0.15) is 28.9 Å². The predicted molar refractivity (Wildman–Crippen MR) is 99.7 cm³/mol. The Morgan fingerprint density at radius 1 is 1.00 bits per heavy atom. The Morgan fingerprint density at radius 3 is 2.46 bits per heavy atom. The molecule has 5 nitrogen and oxygen atoms in total. The fraction of sp³-hybridized carbons (Fsp3) is 0.286. The third-order valence-electron chi connectivity index (χ3n) is 4.73. The molecule has 1 aliphatic rings. The zero-order valence-electron chi connectivity index (χ0n) is 14.5. The first kappa shape index (κ1) is 16.7. The van der Waals surface area contributed by atoms with Gasteiger partial charge in [-0.05, 0) is 30.5 Å². The Balaban J connectivity index is 1.34. The van der Waals surface area contributed by atoms with E-state index in [0.717, 1.165) is 23.9 Å². The van der Waals surface area contributed by atoms with Gasteiger partial charge in [-0.3, -0.25) is 9.78 Å². The molecule has 4 rings (SSSR count). The largest absolute Gasteiger partial charge is 0.373 e. The normalized spacial score (nSPS) is 15.3. The van der Waals surface area contributed by atoms with Crippen LogP contribution in [0.3, 0.4) is 0 Å². The smallest absolute Gasteiger partial charge is 0.274 e. The molecule has 2 heterocycles. The van der Waals surface area contributed by atoms with Crippen LogP contribution in [0.5, 0.6) is 0 Å². The fourth-order valence-electron chi connectivity index (χ4n) is 3.24. The minimum Gasteiger partial charge on any atom is -0.373 e. The van der Waals surface area contributed by atoms with Crippen molar-refractivity contribution in [3.8, 4) is 0 Å². The summed E-state index contributed by atoms with van der Waals surface area (Å²) in [5.74, 6) is -0.0511. The van der Waals surface area contributed by atoms with Gasteiger partial charge in [0.15, 0.2) is 0 Å². The summed E-state index contributed by atoms with van der Waals surface area (Å²) in [6, 6.07) is 17.8. The molecule has 132 valence electrons. The van der Waals surface area contributed by atoms with Crippen molar-refractivity contribution in [1.29, 1.82) is 0 Å². The number of likely N-dealkylation sites (tertiary alicyclic amines) is 1. The Kier molecular flexibility index (Phi) is 4.88. The lowest BCUT2D eigenvalue weighted by Gasteiger charge is -2.31. The third kappa shape index (κ3) is 3.73. The lowest BCUT2D eigenvalue weighted by molar-refractivity contribution is -0.000508. The van der Waals surface area contributed by atoms with Crippen LogP contribution >= 0.6 is 0 Å². The van der Waals surface area contributed by atoms with Crippen molar-refractivity contribution in [2.45, 2.75) is 25.6 Å². The molecule has 1 amide bonds.